The highest BCUT2D eigenvalue weighted by molar-refractivity contribution is 5.42. The summed E-state index contributed by atoms with van der Waals surface area (Å²) in [6.07, 6.45) is 0.449. The Kier molecular flexibility index (Phi) is 3.32. The van der Waals surface area contributed by atoms with Gasteiger partial charge in [0.1, 0.15) is 5.75 Å². The number of aliphatic hydroxyl groups is 1. The summed E-state index contributed by atoms with van der Waals surface area (Å²) in [5.41, 5.74) is 2.00. The van der Waals surface area contributed by atoms with Gasteiger partial charge in [-0.1, -0.05) is 25.1 Å². The molecule has 0 fully saturated rings. The quantitative estimate of drug-likeness (QED) is 0.773. The molecule has 0 bridgehead atoms. The Morgan fingerprint density at radius 3 is 2.62 bits per heavy atom. The van der Waals surface area contributed by atoms with Crippen molar-refractivity contribution in [1.29, 1.82) is 0 Å². The van der Waals surface area contributed by atoms with Gasteiger partial charge in [0.15, 0.2) is 0 Å². The van der Waals surface area contributed by atoms with Crippen molar-refractivity contribution in [3.63, 3.8) is 0 Å². The van der Waals surface area contributed by atoms with Gasteiger partial charge in [0, 0.05) is 5.56 Å². The van der Waals surface area contributed by atoms with E-state index in [1.165, 1.54) is 0 Å². The Morgan fingerprint density at radius 1 is 1.46 bits per heavy atom. The van der Waals surface area contributed by atoms with E-state index in [-0.39, 0.29) is 0 Å². The number of hydrogen-bond donors (Lipinski definition) is 1. The maximum absolute atomic E-state index is 9.48. The van der Waals surface area contributed by atoms with Crippen molar-refractivity contribution in [2.24, 2.45) is 0 Å². The molecule has 0 aromatic heterocycles. The number of aryl methyl sites for hydroxylation is 1. The van der Waals surface area contributed by atoms with E-state index in [0.717, 1.165) is 23.3 Å². The van der Waals surface area contributed by atoms with Gasteiger partial charge in [0.05, 0.1) is 13.2 Å². The predicted molar refractivity (Wildman–Crippen MR) is 53.0 cm³/mol. The number of benzene rings is 1. The highest BCUT2D eigenvalue weighted by Gasteiger charge is 2.10. The summed E-state index contributed by atoms with van der Waals surface area (Å²) >= 11 is 0. The first kappa shape index (κ1) is 10.1. The first-order chi connectivity index (χ1) is 6.20. The van der Waals surface area contributed by atoms with E-state index in [1.54, 1.807) is 14.0 Å². The lowest BCUT2D eigenvalue weighted by atomic mass is 10.0. The molecule has 1 rings (SSSR count). The summed E-state index contributed by atoms with van der Waals surface area (Å²) in [6, 6.07) is 5.86. The van der Waals surface area contributed by atoms with Gasteiger partial charge in [-0.15, -0.1) is 0 Å². The lowest BCUT2D eigenvalue weighted by molar-refractivity contribution is 0.194. The topological polar surface area (TPSA) is 29.5 Å². The van der Waals surface area contributed by atoms with E-state index in [4.69, 9.17) is 4.74 Å². The normalized spacial score (nSPS) is 12.6. The summed E-state index contributed by atoms with van der Waals surface area (Å²) in [5.74, 6) is 0.819. The summed E-state index contributed by atoms with van der Waals surface area (Å²) in [5, 5.41) is 9.48. The number of para-hydroxylation sites is 1. The van der Waals surface area contributed by atoms with Crippen LogP contribution in [0.25, 0.3) is 0 Å². The lowest BCUT2D eigenvalue weighted by Gasteiger charge is -2.14. The minimum Gasteiger partial charge on any atom is -0.496 e. The third kappa shape index (κ3) is 2.01. The van der Waals surface area contributed by atoms with Crippen LogP contribution < -0.4 is 4.74 Å². The predicted octanol–water partition coefficient (Wildman–Crippen LogP) is 2.31. The average Bonchev–Trinajstić information content (AvgIpc) is 2.16. The first-order valence-electron chi connectivity index (χ1n) is 4.54. The van der Waals surface area contributed by atoms with E-state index in [9.17, 15) is 5.11 Å². The monoisotopic (exact) mass is 180 g/mol. The van der Waals surface area contributed by atoms with Crippen LogP contribution in [0.4, 0.5) is 0 Å². The van der Waals surface area contributed by atoms with Crippen molar-refractivity contribution in [3.8, 4) is 5.75 Å². The fourth-order valence-electron chi connectivity index (χ4n) is 1.46. The van der Waals surface area contributed by atoms with Crippen molar-refractivity contribution in [2.45, 2.75) is 26.4 Å². The van der Waals surface area contributed by atoms with E-state index in [0.29, 0.717) is 0 Å². The zero-order chi connectivity index (χ0) is 9.84. The molecule has 1 aromatic carbocycles. The van der Waals surface area contributed by atoms with Gasteiger partial charge in [0.2, 0.25) is 0 Å². The number of rotatable bonds is 3. The zero-order valence-electron chi connectivity index (χ0n) is 8.37. The van der Waals surface area contributed by atoms with E-state index >= 15 is 0 Å². The highest BCUT2D eigenvalue weighted by atomic mass is 16.5. The number of hydrogen-bond acceptors (Lipinski definition) is 2. The smallest absolute Gasteiger partial charge is 0.127 e. The Hall–Kier alpha value is -1.02. The second kappa shape index (κ2) is 4.28. The number of aliphatic hydroxyl groups excluding tert-OH is 1. The second-order valence-corrected chi connectivity index (χ2v) is 3.07. The first-order valence-corrected chi connectivity index (χ1v) is 4.54. The van der Waals surface area contributed by atoms with Gasteiger partial charge in [-0.2, -0.15) is 0 Å². The molecule has 1 atom stereocenters. The number of ether oxygens (including phenoxy) is 1. The summed E-state index contributed by atoms with van der Waals surface area (Å²) in [6.45, 7) is 3.82. The van der Waals surface area contributed by atoms with Crippen LogP contribution >= 0.6 is 0 Å². The van der Waals surface area contributed by atoms with Crippen LogP contribution in [0.2, 0.25) is 0 Å². The summed E-state index contributed by atoms with van der Waals surface area (Å²) in [4.78, 5) is 0. The Bertz CT molecular complexity index is 279. The van der Waals surface area contributed by atoms with Crippen LogP contribution in [-0.2, 0) is 6.42 Å². The molecule has 2 heteroatoms. The molecule has 72 valence electrons. The molecule has 0 aliphatic rings. The highest BCUT2D eigenvalue weighted by Crippen LogP contribution is 2.28. The molecule has 0 saturated heterocycles. The Labute approximate surface area is 79.2 Å². The maximum Gasteiger partial charge on any atom is 0.127 e. The molecule has 1 aromatic rings. The third-order valence-electron chi connectivity index (χ3n) is 2.16. The van der Waals surface area contributed by atoms with Gasteiger partial charge >= 0.3 is 0 Å². The summed E-state index contributed by atoms with van der Waals surface area (Å²) < 4.78 is 5.27. The maximum atomic E-state index is 9.48. The van der Waals surface area contributed by atoms with Gasteiger partial charge in [-0.3, -0.25) is 0 Å². The molecular weight excluding hydrogens is 164 g/mol. The molecule has 0 aliphatic heterocycles. The molecule has 0 radical (unpaired) electrons. The van der Waals surface area contributed by atoms with Crippen molar-refractivity contribution >= 4 is 0 Å². The molecule has 0 spiro atoms. The van der Waals surface area contributed by atoms with Crippen molar-refractivity contribution < 1.29 is 9.84 Å². The molecule has 0 saturated carbocycles. The van der Waals surface area contributed by atoms with Gasteiger partial charge < -0.3 is 9.84 Å². The van der Waals surface area contributed by atoms with Crippen molar-refractivity contribution in [1.82, 2.24) is 0 Å². The lowest BCUT2D eigenvalue weighted by Crippen LogP contribution is -1.99. The summed E-state index contributed by atoms with van der Waals surface area (Å²) in [7, 11) is 1.64. The second-order valence-electron chi connectivity index (χ2n) is 3.07. The van der Waals surface area contributed by atoms with Crippen molar-refractivity contribution in [2.75, 3.05) is 7.11 Å². The average molecular weight is 180 g/mol. The SMILES string of the molecule is CCc1cccc(C(C)O)c1OC. The molecular formula is C11H16O2. The van der Waals surface area contributed by atoms with Crippen LogP contribution in [0.1, 0.15) is 31.1 Å². The Balaban J connectivity index is 3.19. The standard InChI is InChI=1S/C11H16O2/c1-4-9-6-5-7-10(8(2)12)11(9)13-3/h5-8,12H,4H2,1-3H3. The fraction of sp³-hybridized carbons (Fsp3) is 0.455. The van der Waals surface area contributed by atoms with E-state index in [2.05, 4.69) is 6.92 Å². The zero-order valence-corrected chi connectivity index (χ0v) is 8.37. The molecule has 1 unspecified atom stereocenters. The van der Waals surface area contributed by atoms with Crippen LogP contribution in [0.15, 0.2) is 18.2 Å². The van der Waals surface area contributed by atoms with E-state index in [1.807, 2.05) is 18.2 Å². The van der Waals surface area contributed by atoms with Gasteiger partial charge in [-0.05, 0) is 18.9 Å². The van der Waals surface area contributed by atoms with Crippen molar-refractivity contribution in [3.05, 3.63) is 29.3 Å². The van der Waals surface area contributed by atoms with Crippen LogP contribution in [0.5, 0.6) is 5.75 Å². The largest absolute Gasteiger partial charge is 0.496 e. The molecule has 1 N–H and O–H groups in total. The molecule has 0 amide bonds. The molecule has 13 heavy (non-hydrogen) atoms. The molecule has 0 heterocycles. The fourth-order valence-corrected chi connectivity index (χ4v) is 1.46. The van der Waals surface area contributed by atoms with Gasteiger partial charge in [-0.25, -0.2) is 0 Å². The van der Waals surface area contributed by atoms with Crippen LogP contribution in [0.3, 0.4) is 0 Å². The van der Waals surface area contributed by atoms with Crippen LogP contribution in [-0.4, -0.2) is 12.2 Å². The molecule has 2 nitrogen and oxygen atoms in total. The number of methoxy groups -OCH3 is 1. The van der Waals surface area contributed by atoms with E-state index < -0.39 is 6.10 Å². The minimum atomic E-state index is -0.471. The van der Waals surface area contributed by atoms with Gasteiger partial charge in [0.25, 0.3) is 0 Å². The Morgan fingerprint density at radius 2 is 2.15 bits per heavy atom. The van der Waals surface area contributed by atoms with Crippen LogP contribution in [0, 0.1) is 0 Å². The minimum absolute atomic E-state index is 0.471. The third-order valence-corrected chi connectivity index (χ3v) is 2.16. The molecule has 0 aliphatic carbocycles.